The largest absolute Gasteiger partial charge is 0.339 e. The average Bonchev–Trinajstić information content (AvgIpc) is 2.47. The second-order valence-corrected chi connectivity index (χ2v) is 8.39. The number of piperidine rings is 1. The fourth-order valence-electron chi connectivity index (χ4n) is 2.93. The Morgan fingerprint density at radius 1 is 1.41 bits per heavy atom. The van der Waals surface area contributed by atoms with E-state index in [0.29, 0.717) is 12.8 Å². The van der Waals surface area contributed by atoms with Crippen LogP contribution in [-0.2, 0) is 21.1 Å². The number of carbonyl (C=O) groups excluding carboxylic acids is 1. The number of hydrogen-bond acceptors (Lipinski definition) is 4. The van der Waals surface area contributed by atoms with Crippen LogP contribution in [0.5, 0.6) is 0 Å². The summed E-state index contributed by atoms with van der Waals surface area (Å²) in [4.78, 5) is 18.6. The van der Waals surface area contributed by atoms with Gasteiger partial charge in [-0.05, 0) is 49.8 Å². The van der Waals surface area contributed by atoms with Crippen LogP contribution in [0.15, 0.2) is 18.5 Å². The van der Waals surface area contributed by atoms with E-state index >= 15 is 0 Å². The lowest BCUT2D eigenvalue weighted by Crippen LogP contribution is -2.45. The zero-order chi connectivity index (χ0) is 16.2. The van der Waals surface area contributed by atoms with Crippen molar-refractivity contribution in [2.24, 2.45) is 0 Å². The van der Waals surface area contributed by atoms with Gasteiger partial charge in [-0.2, -0.15) is 0 Å². The fraction of sp³-hybridized carbons (Fsp3) is 0.625. The molecule has 0 saturated carbocycles. The van der Waals surface area contributed by atoms with E-state index in [9.17, 15) is 13.2 Å². The molecule has 1 aliphatic heterocycles. The van der Waals surface area contributed by atoms with Crippen LogP contribution in [0.4, 0.5) is 0 Å². The highest BCUT2D eigenvalue weighted by molar-refractivity contribution is 7.90. The van der Waals surface area contributed by atoms with Crippen molar-refractivity contribution < 1.29 is 13.2 Å². The Hall–Kier alpha value is -1.43. The highest BCUT2D eigenvalue weighted by Crippen LogP contribution is 2.21. The SMILES string of the molecule is Cc1ccncc1CC(=O)N1CCCCC1CCS(C)(=O)=O. The Morgan fingerprint density at radius 2 is 2.18 bits per heavy atom. The molecule has 6 heteroatoms. The zero-order valence-corrected chi connectivity index (χ0v) is 14.1. The molecule has 1 atom stereocenters. The minimum absolute atomic E-state index is 0.0490. The van der Waals surface area contributed by atoms with Gasteiger partial charge in [0.15, 0.2) is 0 Å². The van der Waals surface area contributed by atoms with Gasteiger partial charge >= 0.3 is 0 Å². The van der Waals surface area contributed by atoms with Gasteiger partial charge in [-0.1, -0.05) is 0 Å². The van der Waals surface area contributed by atoms with E-state index < -0.39 is 9.84 Å². The minimum atomic E-state index is -2.99. The van der Waals surface area contributed by atoms with Gasteiger partial charge in [0, 0.05) is 31.2 Å². The van der Waals surface area contributed by atoms with Crippen LogP contribution in [-0.4, -0.2) is 48.8 Å². The third-order valence-corrected chi connectivity index (χ3v) is 5.24. The Kier molecular flexibility index (Phi) is 5.56. The second kappa shape index (κ2) is 7.22. The number of carbonyl (C=O) groups is 1. The first kappa shape index (κ1) is 16.9. The summed E-state index contributed by atoms with van der Waals surface area (Å²) in [6, 6.07) is 1.95. The van der Waals surface area contributed by atoms with Crippen LogP contribution in [0.2, 0.25) is 0 Å². The van der Waals surface area contributed by atoms with Crippen molar-refractivity contribution in [1.29, 1.82) is 0 Å². The van der Waals surface area contributed by atoms with Crippen LogP contribution >= 0.6 is 0 Å². The molecule has 1 aromatic rings. The topological polar surface area (TPSA) is 67.3 Å². The Labute approximate surface area is 132 Å². The molecular formula is C16H24N2O3S. The van der Waals surface area contributed by atoms with E-state index in [0.717, 1.165) is 36.9 Å². The summed E-state index contributed by atoms with van der Waals surface area (Å²) in [5.74, 6) is 0.224. The predicted molar refractivity (Wildman–Crippen MR) is 86.4 cm³/mol. The highest BCUT2D eigenvalue weighted by Gasteiger charge is 2.27. The summed E-state index contributed by atoms with van der Waals surface area (Å²) < 4.78 is 22.7. The molecular weight excluding hydrogens is 300 g/mol. The summed E-state index contributed by atoms with van der Waals surface area (Å²) in [7, 11) is -2.99. The zero-order valence-electron chi connectivity index (χ0n) is 13.3. The van der Waals surface area contributed by atoms with E-state index in [1.807, 2.05) is 17.9 Å². The quantitative estimate of drug-likeness (QED) is 0.827. The van der Waals surface area contributed by atoms with Crippen LogP contribution in [0.1, 0.15) is 36.8 Å². The van der Waals surface area contributed by atoms with Gasteiger partial charge in [0.25, 0.3) is 0 Å². The van der Waals surface area contributed by atoms with E-state index in [-0.39, 0.29) is 17.7 Å². The third kappa shape index (κ3) is 4.80. The molecule has 0 radical (unpaired) electrons. The van der Waals surface area contributed by atoms with Gasteiger partial charge in [0.05, 0.1) is 12.2 Å². The first-order valence-electron chi connectivity index (χ1n) is 7.73. The van der Waals surface area contributed by atoms with Gasteiger partial charge < -0.3 is 4.90 Å². The van der Waals surface area contributed by atoms with Crippen LogP contribution in [0.3, 0.4) is 0 Å². The van der Waals surface area contributed by atoms with E-state index in [1.165, 1.54) is 6.26 Å². The maximum atomic E-state index is 12.6. The molecule has 0 bridgehead atoms. The smallest absolute Gasteiger partial charge is 0.227 e. The molecule has 1 saturated heterocycles. The third-order valence-electron chi connectivity index (χ3n) is 4.26. The number of aromatic nitrogens is 1. The minimum Gasteiger partial charge on any atom is -0.339 e. The molecule has 0 spiro atoms. The summed E-state index contributed by atoms with van der Waals surface area (Å²) in [6.45, 7) is 2.70. The van der Waals surface area contributed by atoms with Crippen molar-refractivity contribution >= 4 is 15.7 Å². The van der Waals surface area contributed by atoms with Crippen molar-refractivity contribution in [3.63, 3.8) is 0 Å². The van der Waals surface area contributed by atoms with E-state index in [1.54, 1.807) is 12.4 Å². The molecule has 122 valence electrons. The molecule has 1 fully saturated rings. The summed E-state index contributed by atoms with van der Waals surface area (Å²) in [5, 5.41) is 0. The lowest BCUT2D eigenvalue weighted by Gasteiger charge is -2.36. The number of rotatable bonds is 5. The first-order chi connectivity index (χ1) is 10.4. The highest BCUT2D eigenvalue weighted by atomic mass is 32.2. The molecule has 0 N–H and O–H groups in total. The van der Waals surface area contributed by atoms with Gasteiger partial charge in [-0.3, -0.25) is 9.78 Å². The number of hydrogen-bond donors (Lipinski definition) is 0. The molecule has 2 heterocycles. The predicted octanol–water partition coefficient (Wildman–Crippen LogP) is 1.75. The standard InChI is InChI=1S/C16H24N2O3S/c1-13-6-8-17-12-14(13)11-16(19)18-9-4-3-5-15(18)7-10-22(2,20)21/h6,8,12,15H,3-5,7,9-11H2,1-2H3. The van der Waals surface area contributed by atoms with Gasteiger partial charge in [0.2, 0.25) is 5.91 Å². The van der Waals surface area contributed by atoms with Crippen molar-refractivity contribution in [3.8, 4) is 0 Å². The Bertz CT molecular complexity index is 628. The number of sulfone groups is 1. The molecule has 1 unspecified atom stereocenters. The lowest BCUT2D eigenvalue weighted by molar-refractivity contribution is -0.134. The summed E-state index contributed by atoms with van der Waals surface area (Å²) in [5.41, 5.74) is 2.01. The molecule has 1 amide bonds. The summed E-state index contributed by atoms with van der Waals surface area (Å²) >= 11 is 0. The second-order valence-electron chi connectivity index (χ2n) is 6.13. The number of pyridine rings is 1. The first-order valence-corrected chi connectivity index (χ1v) is 9.79. The molecule has 0 aliphatic carbocycles. The van der Waals surface area contributed by atoms with Gasteiger partial charge in [-0.25, -0.2) is 8.42 Å². The van der Waals surface area contributed by atoms with Crippen LogP contribution in [0.25, 0.3) is 0 Å². The van der Waals surface area contributed by atoms with Crippen LogP contribution in [0, 0.1) is 6.92 Å². The molecule has 1 aromatic heterocycles. The normalized spacial score (nSPS) is 19.2. The number of likely N-dealkylation sites (tertiary alicyclic amines) is 1. The van der Waals surface area contributed by atoms with Crippen molar-refractivity contribution in [2.75, 3.05) is 18.6 Å². The van der Waals surface area contributed by atoms with E-state index in [2.05, 4.69) is 4.98 Å². The number of amides is 1. The van der Waals surface area contributed by atoms with Crippen molar-refractivity contribution in [1.82, 2.24) is 9.88 Å². The molecule has 1 aliphatic rings. The Balaban J connectivity index is 2.03. The monoisotopic (exact) mass is 324 g/mol. The maximum absolute atomic E-state index is 12.6. The van der Waals surface area contributed by atoms with Gasteiger partial charge in [0.1, 0.15) is 9.84 Å². The lowest BCUT2D eigenvalue weighted by atomic mass is 9.98. The van der Waals surface area contributed by atoms with Crippen molar-refractivity contribution in [3.05, 3.63) is 29.6 Å². The summed E-state index contributed by atoms with van der Waals surface area (Å²) in [6.07, 6.45) is 8.54. The molecule has 2 rings (SSSR count). The molecule has 5 nitrogen and oxygen atoms in total. The van der Waals surface area contributed by atoms with Crippen LogP contribution < -0.4 is 0 Å². The molecule has 0 aromatic carbocycles. The fourth-order valence-corrected chi connectivity index (χ4v) is 3.63. The number of nitrogens with zero attached hydrogens (tertiary/aromatic N) is 2. The number of aryl methyl sites for hydroxylation is 1. The van der Waals surface area contributed by atoms with Gasteiger partial charge in [-0.15, -0.1) is 0 Å². The van der Waals surface area contributed by atoms with Crippen molar-refractivity contribution in [2.45, 2.75) is 45.1 Å². The Morgan fingerprint density at radius 3 is 2.86 bits per heavy atom. The maximum Gasteiger partial charge on any atom is 0.227 e. The molecule has 22 heavy (non-hydrogen) atoms. The van der Waals surface area contributed by atoms with E-state index in [4.69, 9.17) is 0 Å². The average molecular weight is 324 g/mol.